The van der Waals surface area contributed by atoms with Gasteiger partial charge in [0.1, 0.15) is 5.82 Å². The number of anilines is 1. The molecule has 0 fully saturated rings. The molecule has 1 aromatic heterocycles. The van der Waals surface area contributed by atoms with Gasteiger partial charge in [-0.25, -0.2) is 4.98 Å². The van der Waals surface area contributed by atoms with Crippen LogP contribution in [0.5, 0.6) is 0 Å². The molecule has 0 bridgehead atoms. The van der Waals surface area contributed by atoms with Crippen molar-refractivity contribution in [2.45, 2.75) is 6.29 Å². The first-order valence-corrected chi connectivity index (χ1v) is 6.64. The second-order valence-electron chi connectivity index (χ2n) is 2.71. The van der Waals surface area contributed by atoms with Gasteiger partial charge in [0.05, 0.1) is 6.54 Å². The highest BCUT2D eigenvalue weighted by atomic mass is 31.1. The molecule has 2 atom stereocenters. The summed E-state index contributed by atoms with van der Waals surface area (Å²) in [6.45, 7) is -0.0969. The molecule has 0 aromatic carbocycles. The zero-order valence-corrected chi connectivity index (χ0v) is 10.3. The molecule has 0 amide bonds. The molecule has 3 N–H and O–H groups in total. The minimum absolute atomic E-state index is 0.0969. The van der Waals surface area contributed by atoms with Gasteiger partial charge in [0.25, 0.3) is 6.29 Å². The van der Waals surface area contributed by atoms with Gasteiger partial charge in [-0.05, 0) is 12.1 Å². The summed E-state index contributed by atoms with van der Waals surface area (Å²) in [6, 6.07) is 5.09. The number of hydrogen-bond acceptors (Lipinski definition) is 6. The smallest absolute Gasteiger partial charge is 0.365 e. The Balaban J connectivity index is 2.48. The summed E-state index contributed by atoms with van der Waals surface area (Å²) in [5.41, 5.74) is 0. The van der Waals surface area contributed by atoms with Crippen LogP contribution in [0, 0.1) is 0 Å². The third-order valence-corrected chi connectivity index (χ3v) is 2.36. The standard InChI is InChI=1S/C7H8N2O6P2/c10-16(11)14-7(15-17(12)13)5-9-6-3-1-2-4-8-6/h1-4,7H,5H2,(H-2,8,9,10,11,12,13)/p+2. The van der Waals surface area contributed by atoms with E-state index in [1.807, 2.05) is 0 Å². The van der Waals surface area contributed by atoms with E-state index in [1.54, 1.807) is 18.2 Å². The van der Waals surface area contributed by atoms with Crippen LogP contribution in [-0.4, -0.2) is 27.6 Å². The Morgan fingerprint density at radius 1 is 1.29 bits per heavy atom. The van der Waals surface area contributed by atoms with Crippen LogP contribution in [0.25, 0.3) is 0 Å². The Labute approximate surface area is 98.5 Å². The van der Waals surface area contributed by atoms with Crippen molar-refractivity contribution in [3.8, 4) is 0 Å². The molecule has 2 unspecified atom stereocenters. The molecule has 1 heterocycles. The second kappa shape index (κ2) is 7.34. The first-order valence-electron chi connectivity index (χ1n) is 4.38. The first-order chi connectivity index (χ1) is 8.08. The van der Waals surface area contributed by atoms with Gasteiger partial charge in [0.15, 0.2) is 0 Å². The molecule has 17 heavy (non-hydrogen) atoms. The molecular weight excluding hydrogens is 270 g/mol. The average molecular weight is 280 g/mol. The SMILES string of the molecule is O=[P+](O)OC(CNc1ccccn1)O[P+](=O)O. The van der Waals surface area contributed by atoms with Crippen molar-refractivity contribution in [2.24, 2.45) is 0 Å². The molecule has 0 aliphatic carbocycles. The van der Waals surface area contributed by atoms with Gasteiger partial charge in [-0.1, -0.05) is 15.1 Å². The third-order valence-electron chi connectivity index (χ3n) is 1.53. The lowest BCUT2D eigenvalue weighted by atomic mass is 10.4. The van der Waals surface area contributed by atoms with Crippen LogP contribution in [-0.2, 0) is 18.2 Å². The molecule has 0 saturated carbocycles. The number of nitrogens with one attached hydrogen (secondary N) is 1. The first kappa shape index (κ1) is 14.1. The maximum absolute atomic E-state index is 10.4. The second-order valence-corrected chi connectivity index (χ2v) is 4.08. The van der Waals surface area contributed by atoms with E-state index >= 15 is 0 Å². The van der Waals surface area contributed by atoms with Crippen molar-refractivity contribution in [3.63, 3.8) is 0 Å². The molecule has 1 rings (SSSR count). The highest BCUT2D eigenvalue weighted by Gasteiger charge is 2.32. The van der Waals surface area contributed by atoms with E-state index in [4.69, 9.17) is 9.79 Å². The fourth-order valence-electron chi connectivity index (χ4n) is 0.950. The Morgan fingerprint density at radius 2 is 1.94 bits per heavy atom. The van der Waals surface area contributed by atoms with Crippen molar-refractivity contribution in [3.05, 3.63) is 24.4 Å². The predicted molar refractivity (Wildman–Crippen MR) is 58.3 cm³/mol. The van der Waals surface area contributed by atoms with Crippen molar-refractivity contribution in [1.82, 2.24) is 4.98 Å². The van der Waals surface area contributed by atoms with Crippen LogP contribution in [0.3, 0.4) is 0 Å². The fraction of sp³-hybridized carbons (Fsp3) is 0.286. The van der Waals surface area contributed by atoms with Gasteiger partial charge in [-0.2, -0.15) is 0 Å². The summed E-state index contributed by atoms with van der Waals surface area (Å²) in [7, 11) is -5.85. The van der Waals surface area contributed by atoms with E-state index in [9.17, 15) is 9.13 Å². The van der Waals surface area contributed by atoms with E-state index in [2.05, 4.69) is 19.3 Å². The van der Waals surface area contributed by atoms with E-state index in [-0.39, 0.29) is 6.54 Å². The quantitative estimate of drug-likeness (QED) is 0.503. The Bertz CT molecular complexity index is 373. The normalized spacial score (nSPS) is 14.0. The Kier molecular flexibility index (Phi) is 6.07. The average Bonchev–Trinajstić information content (AvgIpc) is 2.26. The number of rotatable bonds is 7. The summed E-state index contributed by atoms with van der Waals surface area (Å²) in [6.07, 6.45) is 0.220. The summed E-state index contributed by atoms with van der Waals surface area (Å²) < 4.78 is 29.6. The van der Waals surface area contributed by atoms with Gasteiger partial charge in [0.2, 0.25) is 0 Å². The lowest BCUT2D eigenvalue weighted by Crippen LogP contribution is -2.22. The zero-order chi connectivity index (χ0) is 12.7. The maximum Gasteiger partial charge on any atom is 0.697 e. The molecule has 10 heteroatoms. The number of nitrogens with zero attached hydrogens (tertiary/aromatic N) is 1. The topological polar surface area (TPSA) is 118 Å². The number of hydrogen-bond donors (Lipinski definition) is 3. The maximum atomic E-state index is 10.4. The predicted octanol–water partition coefficient (Wildman–Crippen LogP) is 1.15. The van der Waals surface area contributed by atoms with Gasteiger partial charge in [-0.15, -0.1) is 9.79 Å². The third kappa shape index (κ3) is 6.33. The molecule has 0 radical (unpaired) electrons. The van der Waals surface area contributed by atoms with Gasteiger partial charge in [0, 0.05) is 15.3 Å². The van der Waals surface area contributed by atoms with Crippen molar-refractivity contribution in [2.75, 3.05) is 11.9 Å². The molecule has 8 nitrogen and oxygen atoms in total. The molecule has 1 aromatic rings. The number of pyridine rings is 1. The van der Waals surface area contributed by atoms with Crippen molar-refractivity contribution < 1.29 is 28.0 Å². The Hall–Kier alpha value is -1.01. The van der Waals surface area contributed by atoms with Crippen molar-refractivity contribution >= 4 is 22.3 Å². The van der Waals surface area contributed by atoms with Crippen molar-refractivity contribution in [1.29, 1.82) is 0 Å². The summed E-state index contributed by atoms with van der Waals surface area (Å²) in [5, 5.41) is 2.72. The monoisotopic (exact) mass is 280 g/mol. The molecular formula is C7H10N2O6P2+2. The lowest BCUT2D eigenvalue weighted by Gasteiger charge is -2.05. The fourth-order valence-corrected chi connectivity index (χ4v) is 1.66. The summed E-state index contributed by atoms with van der Waals surface area (Å²) >= 11 is 0. The molecule has 0 spiro atoms. The van der Waals surface area contributed by atoms with Gasteiger partial charge < -0.3 is 5.32 Å². The van der Waals surface area contributed by atoms with Crippen LogP contribution >= 0.6 is 16.5 Å². The van der Waals surface area contributed by atoms with E-state index < -0.39 is 22.8 Å². The lowest BCUT2D eigenvalue weighted by molar-refractivity contribution is 0.0136. The van der Waals surface area contributed by atoms with Gasteiger partial charge in [-0.3, -0.25) is 0 Å². The van der Waals surface area contributed by atoms with Crippen LogP contribution in [0.4, 0.5) is 5.82 Å². The van der Waals surface area contributed by atoms with Crippen LogP contribution in [0.2, 0.25) is 0 Å². The number of aromatic nitrogens is 1. The minimum Gasteiger partial charge on any atom is -0.365 e. The van der Waals surface area contributed by atoms with E-state index in [1.165, 1.54) is 6.20 Å². The molecule has 0 aliphatic heterocycles. The Morgan fingerprint density at radius 3 is 2.41 bits per heavy atom. The van der Waals surface area contributed by atoms with Gasteiger partial charge >= 0.3 is 16.5 Å². The minimum atomic E-state index is -2.93. The summed E-state index contributed by atoms with van der Waals surface area (Å²) in [5.74, 6) is 0.478. The highest BCUT2D eigenvalue weighted by molar-refractivity contribution is 7.32. The van der Waals surface area contributed by atoms with Crippen LogP contribution < -0.4 is 5.32 Å². The van der Waals surface area contributed by atoms with E-state index in [0.717, 1.165) is 0 Å². The molecule has 92 valence electrons. The van der Waals surface area contributed by atoms with Crippen LogP contribution in [0.15, 0.2) is 24.4 Å². The van der Waals surface area contributed by atoms with E-state index in [0.29, 0.717) is 5.82 Å². The largest absolute Gasteiger partial charge is 0.697 e. The van der Waals surface area contributed by atoms with Crippen LogP contribution in [0.1, 0.15) is 0 Å². The molecule has 0 aliphatic rings. The zero-order valence-electron chi connectivity index (χ0n) is 8.46. The highest BCUT2D eigenvalue weighted by Crippen LogP contribution is 2.26. The summed E-state index contributed by atoms with van der Waals surface area (Å²) in [4.78, 5) is 21.0. The molecule has 0 saturated heterocycles.